The topological polar surface area (TPSA) is 70.7 Å². The number of carbonyl (C=O) groups excluding carboxylic acids is 1. The lowest BCUT2D eigenvalue weighted by molar-refractivity contribution is -0.115. The maximum atomic E-state index is 12.2. The first-order chi connectivity index (χ1) is 11.1. The molecule has 0 spiro atoms. The van der Waals surface area contributed by atoms with E-state index in [-0.39, 0.29) is 11.2 Å². The van der Waals surface area contributed by atoms with Gasteiger partial charge >= 0.3 is 0 Å². The molecule has 118 valence electrons. The van der Waals surface area contributed by atoms with Gasteiger partial charge in [0.05, 0.1) is 10.1 Å². The lowest BCUT2D eigenvalue weighted by Gasteiger charge is -2.10. The number of nitrogens with zero attached hydrogens (tertiary/aromatic N) is 2. The average Bonchev–Trinajstić information content (AvgIpc) is 3.20. The van der Waals surface area contributed by atoms with E-state index in [1.807, 2.05) is 24.4 Å². The molecular weight excluding hydrogens is 352 g/mol. The predicted octanol–water partition coefficient (Wildman–Crippen LogP) is 4.31. The Morgan fingerprint density at radius 3 is 2.83 bits per heavy atom. The van der Waals surface area contributed by atoms with E-state index in [0.717, 1.165) is 4.88 Å². The Hall–Kier alpha value is -1.83. The summed E-state index contributed by atoms with van der Waals surface area (Å²) in [6.45, 7) is 1.82. The first-order valence-corrected chi connectivity index (χ1v) is 8.95. The van der Waals surface area contributed by atoms with E-state index in [9.17, 15) is 4.79 Å². The minimum Gasteiger partial charge on any atom is -0.325 e. The van der Waals surface area contributed by atoms with Crippen molar-refractivity contribution in [3.05, 3.63) is 46.8 Å². The van der Waals surface area contributed by atoms with Crippen molar-refractivity contribution in [2.75, 3.05) is 5.32 Å². The third-order valence-electron chi connectivity index (χ3n) is 2.98. The van der Waals surface area contributed by atoms with Crippen LogP contribution in [0.5, 0.6) is 0 Å². The number of amides is 1. The molecule has 1 aromatic carbocycles. The molecule has 0 bridgehead atoms. The minimum absolute atomic E-state index is 0.111. The monoisotopic (exact) mass is 364 g/mol. The number of anilines is 1. The molecule has 8 heteroatoms. The number of hydrogen-bond donors (Lipinski definition) is 2. The second-order valence-corrected chi connectivity index (χ2v) is 7.39. The van der Waals surface area contributed by atoms with Crippen LogP contribution in [-0.4, -0.2) is 26.3 Å². The molecule has 2 heterocycles. The summed E-state index contributed by atoms with van der Waals surface area (Å²) in [5.41, 5.74) is 0.709. The van der Waals surface area contributed by atoms with Gasteiger partial charge < -0.3 is 5.32 Å². The summed E-state index contributed by atoms with van der Waals surface area (Å²) >= 11 is 8.72. The summed E-state index contributed by atoms with van der Waals surface area (Å²) in [5.74, 6) is 0.604. The van der Waals surface area contributed by atoms with Crippen molar-refractivity contribution in [1.29, 1.82) is 0 Å². The number of thioether (sulfide) groups is 1. The standard InChI is InChI=1S/C15H13ClN4OS2/c1-9(14(21)17-11-6-4-10(16)5-7-11)23-15-18-13(19-20-15)12-3-2-8-22-12/h2-9H,1H3,(H,17,21)(H,18,19,20)/t9-/m1/s1. The lowest BCUT2D eigenvalue weighted by atomic mass is 10.3. The van der Waals surface area contributed by atoms with Gasteiger partial charge in [0.2, 0.25) is 11.1 Å². The third-order valence-corrected chi connectivity index (χ3v) is 5.07. The van der Waals surface area contributed by atoms with Gasteiger partial charge in [0.1, 0.15) is 0 Å². The summed E-state index contributed by atoms with van der Waals surface area (Å²) < 4.78 is 0. The van der Waals surface area contributed by atoms with Crippen LogP contribution in [0.15, 0.2) is 46.9 Å². The van der Waals surface area contributed by atoms with Gasteiger partial charge in [-0.15, -0.1) is 16.4 Å². The smallest absolute Gasteiger partial charge is 0.237 e. The molecule has 0 fully saturated rings. The molecule has 0 aliphatic heterocycles. The second-order valence-electron chi connectivity index (χ2n) is 4.70. The third kappa shape index (κ3) is 4.13. The minimum atomic E-state index is -0.322. The average molecular weight is 365 g/mol. The number of H-pyrrole nitrogens is 1. The highest BCUT2D eigenvalue weighted by Crippen LogP contribution is 2.25. The molecule has 1 atom stereocenters. The SMILES string of the molecule is C[C@@H](Sc1n[nH]c(-c2cccs2)n1)C(=O)Nc1ccc(Cl)cc1. The highest BCUT2D eigenvalue weighted by atomic mass is 35.5. The number of rotatable bonds is 5. The van der Waals surface area contributed by atoms with Gasteiger partial charge in [0.15, 0.2) is 5.82 Å². The summed E-state index contributed by atoms with van der Waals surface area (Å²) in [5, 5.41) is 12.7. The van der Waals surface area contributed by atoms with Crippen LogP contribution in [0.25, 0.3) is 10.7 Å². The van der Waals surface area contributed by atoms with Crippen LogP contribution in [0, 0.1) is 0 Å². The van der Waals surface area contributed by atoms with E-state index in [4.69, 9.17) is 11.6 Å². The summed E-state index contributed by atoms with van der Waals surface area (Å²) in [4.78, 5) is 17.6. The molecule has 23 heavy (non-hydrogen) atoms. The van der Waals surface area contributed by atoms with Crippen LogP contribution in [0.3, 0.4) is 0 Å². The van der Waals surface area contributed by atoms with Crippen LogP contribution in [0.1, 0.15) is 6.92 Å². The molecule has 0 aliphatic rings. The van der Waals surface area contributed by atoms with E-state index in [2.05, 4.69) is 20.5 Å². The zero-order chi connectivity index (χ0) is 16.2. The Labute approximate surface area is 146 Å². The fourth-order valence-corrected chi connectivity index (χ4v) is 3.33. The fourth-order valence-electron chi connectivity index (χ4n) is 1.81. The molecule has 2 aromatic heterocycles. The fraction of sp³-hybridized carbons (Fsp3) is 0.133. The van der Waals surface area contributed by atoms with Crippen molar-refractivity contribution in [1.82, 2.24) is 15.2 Å². The lowest BCUT2D eigenvalue weighted by Crippen LogP contribution is -2.22. The molecule has 2 N–H and O–H groups in total. The van der Waals surface area contributed by atoms with Crippen molar-refractivity contribution in [2.24, 2.45) is 0 Å². The van der Waals surface area contributed by atoms with E-state index in [0.29, 0.717) is 21.7 Å². The van der Waals surface area contributed by atoms with Crippen molar-refractivity contribution in [2.45, 2.75) is 17.3 Å². The van der Waals surface area contributed by atoms with E-state index in [1.165, 1.54) is 11.8 Å². The van der Waals surface area contributed by atoms with Gasteiger partial charge in [-0.3, -0.25) is 9.89 Å². The number of halogens is 1. The predicted molar refractivity (Wildman–Crippen MR) is 95.1 cm³/mol. The number of nitrogens with one attached hydrogen (secondary N) is 2. The van der Waals surface area contributed by atoms with Gasteiger partial charge in [-0.05, 0) is 42.6 Å². The highest BCUT2D eigenvalue weighted by Gasteiger charge is 2.17. The zero-order valence-electron chi connectivity index (χ0n) is 12.1. The Kier molecular flexibility index (Phi) is 5.00. The Bertz CT molecular complexity index is 786. The van der Waals surface area contributed by atoms with Gasteiger partial charge in [0.25, 0.3) is 0 Å². The Balaban J connectivity index is 1.61. The largest absolute Gasteiger partial charge is 0.325 e. The summed E-state index contributed by atoms with van der Waals surface area (Å²) in [6, 6.07) is 10.9. The van der Waals surface area contributed by atoms with Crippen molar-refractivity contribution >= 4 is 46.3 Å². The maximum Gasteiger partial charge on any atom is 0.237 e. The Morgan fingerprint density at radius 1 is 1.35 bits per heavy atom. The normalized spacial score (nSPS) is 12.1. The van der Waals surface area contributed by atoms with Gasteiger partial charge in [0, 0.05) is 10.7 Å². The van der Waals surface area contributed by atoms with E-state index in [1.54, 1.807) is 35.6 Å². The maximum absolute atomic E-state index is 12.2. The highest BCUT2D eigenvalue weighted by molar-refractivity contribution is 8.00. The first-order valence-electron chi connectivity index (χ1n) is 6.81. The molecule has 0 saturated heterocycles. The summed E-state index contributed by atoms with van der Waals surface area (Å²) in [6.07, 6.45) is 0. The molecule has 0 aliphatic carbocycles. The first kappa shape index (κ1) is 16.0. The van der Waals surface area contributed by atoms with Crippen LogP contribution in [0.2, 0.25) is 5.02 Å². The number of benzene rings is 1. The molecular formula is C15H13ClN4OS2. The van der Waals surface area contributed by atoms with E-state index >= 15 is 0 Å². The second kappa shape index (κ2) is 7.16. The van der Waals surface area contributed by atoms with Crippen molar-refractivity contribution in [3.63, 3.8) is 0 Å². The summed E-state index contributed by atoms with van der Waals surface area (Å²) in [7, 11) is 0. The molecule has 5 nitrogen and oxygen atoms in total. The molecule has 0 unspecified atom stereocenters. The van der Waals surface area contributed by atoms with E-state index < -0.39 is 0 Å². The number of thiophene rings is 1. The van der Waals surface area contributed by atoms with Crippen LogP contribution in [0.4, 0.5) is 5.69 Å². The number of hydrogen-bond acceptors (Lipinski definition) is 5. The Morgan fingerprint density at radius 2 is 2.13 bits per heavy atom. The molecule has 1 amide bonds. The number of carbonyl (C=O) groups is 1. The van der Waals surface area contributed by atoms with Crippen molar-refractivity contribution < 1.29 is 4.79 Å². The molecule has 0 saturated carbocycles. The van der Waals surface area contributed by atoms with Gasteiger partial charge in [-0.25, -0.2) is 4.98 Å². The number of aromatic nitrogens is 3. The zero-order valence-corrected chi connectivity index (χ0v) is 14.5. The number of aromatic amines is 1. The van der Waals surface area contributed by atoms with Crippen molar-refractivity contribution in [3.8, 4) is 10.7 Å². The van der Waals surface area contributed by atoms with Crippen LogP contribution >= 0.6 is 34.7 Å². The van der Waals surface area contributed by atoms with Crippen LogP contribution < -0.4 is 5.32 Å². The molecule has 3 rings (SSSR count). The van der Waals surface area contributed by atoms with Crippen LogP contribution in [-0.2, 0) is 4.79 Å². The molecule has 0 radical (unpaired) electrons. The van der Waals surface area contributed by atoms with Gasteiger partial charge in [-0.2, -0.15) is 0 Å². The quantitative estimate of drug-likeness (QED) is 0.662. The van der Waals surface area contributed by atoms with Gasteiger partial charge in [-0.1, -0.05) is 29.4 Å². The molecule has 3 aromatic rings.